The summed E-state index contributed by atoms with van der Waals surface area (Å²) in [5.74, 6) is 2.18. The quantitative estimate of drug-likeness (QED) is 0.753. The number of rotatable bonds is 3. The molecular weight excluding hydrogens is 352 g/mol. The van der Waals surface area contributed by atoms with Crippen molar-refractivity contribution >= 4 is 16.7 Å². The molecule has 7 nitrogen and oxygen atoms in total. The SMILES string of the molecule is COc1nccc2c(N3CCC4(CCNC4)CC3)nc(-c3ccncc3)nc12. The van der Waals surface area contributed by atoms with Crippen LogP contribution in [0.5, 0.6) is 5.88 Å². The molecular formula is C21H24N6O. The van der Waals surface area contributed by atoms with Crippen LogP contribution in [0.1, 0.15) is 19.3 Å². The first-order valence-corrected chi connectivity index (χ1v) is 9.85. The highest BCUT2D eigenvalue weighted by Gasteiger charge is 2.37. The van der Waals surface area contributed by atoms with Crippen LogP contribution in [0.25, 0.3) is 22.3 Å². The van der Waals surface area contributed by atoms with Gasteiger partial charge in [0.1, 0.15) is 11.3 Å². The molecule has 1 spiro atoms. The molecule has 0 aromatic carbocycles. The number of piperidine rings is 1. The Morgan fingerprint density at radius 1 is 1.04 bits per heavy atom. The minimum absolute atomic E-state index is 0.465. The molecule has 5 heterocycles. The first-order chi connectivity index (χ1) is 13.8. The van der Waals surface area contributed by atoms with E-state index in [4.69, 9.17) is 14.7 Å². The average molecular weight is 376 g/mol. The molecule has 0 aliphatic carbocycles. The Bertz CT molecular complexity index is 977. The molecule has 5 rings (SSSR count). The summed E-state index contributed by atoms with van der Waals surface area (Å²) in [6.07, 6.45) is 8.97. The minimum Gasteiger partial charge on any atom is -0.479 e. The van der Waals surface area contributed by atoms with E-state index in [0.717, 1.165) is 48.5 Å². The fourth-order valence-corrected chi connectivity index (χ4v) is 4.45. The van der Waals surface area contributed by atoms with Crippen LogP contribution in [0.4, 0.5) is 5.82 Å². The van der Waals surface area contributed by atoms with Crippen molar-refractivity contribution in [3.63, 3.8) is 0 Å². The lowest BCUT2D eigenvalue weighted by Crippen LogP contribution is -2.41. The number of hydrogen-bond acceptors (Lipinski definition) is 7. The van der Waals surface area contributed by atoms with Gasteiger partial charge in [-0.3, -0.25) is 4.98 Å². The molecule has 28 heavy (non-hydrogen) atoms. The Morgan fingerprint density at radius 3 is 2.57 bits per heavy atom. The third-order valence-corrected chi connectivity index (χ3v) is 6.15. The maximum Gasteiger partial charge on any atom is 0.240 e. The molecule has 2 aliphatic heterocycles. The molecule has 3 aromatic rings. The molecule has 144 valence electrons. The number of pyridine rings is 2. The van der Waals surface area contributed by atoms with Gasteiger partial charge in [0.15, 0.2) is 5.82 Å². The summed E-state index contributed by atoms with van der Waals surface area (Å²) in [4.78, 5) is 20.6. The Balaban J connectivity index is 1.59. The molecule has 2 aliphatic rings. The molecule has 2 saturated heterocycles. The Labute approximate surface area is 164 Å². The molecule has 7 heteroatoms. The van der Waals surface area contributed by atoms with Gasteiger partial charge in [0.05, 0.1) is 12.5 Å². The summed E-state index contributed by atoms with van der Waals surface area (Å²) < 4.78 is 5.50. The van der Waals surface area contributed by atoms with Gasteiger partial charge in [-0.15, -0.1) is 0 Å². The van der Waals surface area contributed by atoms with Crippen molar-refractivity contribution in [2.75, 3.05) is 38.2 Å². The highest BCUT2D eigenvalue weighted by molar-refractivity contribution is 5.93. The van der Waals surface area contributed by atoms with E-state index in [2.05, 4.69) is 20.2 Å². The number of hydrogen-bond donors (Lipinski definition) is 1. The van der Waals surface area contributed by atoms with Crippen molar-refractivity contribution in [2.24, 2.45) is 5.41 Å². The molecule has 3 aromatic heterocycles. The van der Waals surface area contributed by atoms with Gasteiger partial charge in [-0.25, -0.2) is 15.0 Å². The Kier molecular flexibility index (Phi) is 4.31. The zero-order valence-corrected chi connectivity index (χ0v) is 16.1. The number of anilines is 1. The van der Waals surface area contributed by atoms with Gasteiger partial charge < -0.3 is 15.0 Å². The summed E-state index contributed by atoms with van der Waals surface area (Å²) >= 11 is 0. The maximum atomic E-state index is 5.50. The summed E-state index contributed by atoms with van der Waals surface area (Å²) in [7, 11) is 1.63. The number of aromatic nitrogens is 4. The van der Waals surface area contributed by atoms with E-state index in [1.807, 2.05) is 18.2 Å². The lowest BCUT2D eigenvalue weighted by molar-refractivity contribution is 0.247. The van der Waals surface area contributed by atoms with E-state index >= 15 is 0 Å². The highest BCUT2D eigenvalue weighted by atomic mass is 16.5. The number of ether oxygens (including phenoxy) is 1. The highest BCUT2D eigenvalue weighted by Crippen LogP contribution is 2.40. The predicted molar refractivity (Wildman–Crippen MR) is 108 cm³/mol. The van der Waals surface area contributed by atoms with Crippen molar-refractivity contribution in [3.8, 4) is 17.3 Å². The van der Waals surface area contributed by atoms with Crippen LogP contribution in [-0.4, -0.2) is 53.2 Å². The van der Waals surface area contributed by atoms with E-state index in [1.165, 1.54) is 19.3 Å². The molecule has 0 unspecified atom stereocenters. The lowest BCUT2D eigenvalue weighted by atomic mass is 9.78. The normalized spacial score (nSPS) is 18.7. The largest absolute Gasteiger partial charge is 0.479 e. The van der Waals surface area contributed by atoms with Gasteiger partial charge in [-0.05, 0) is 49.4 Å². The van der Waals surface area contributed by atoms with Crippen LogP contribution >= 0.6 is 0 Å². The van der Waals surface area contributed by atoms with Crippen molar-refractivity contribution in [2.45, 2.75) is 19.3 Å². The summed E-state index contributed by atoms with van der Waals surface area (Å²) in [6.45, 7) is 4.30. The second-order valence-electron chi connectivity index (χ2n) is 7.74. The van der Waals surface area contributed by atoms with Crippen molar-refractivity contribution in [1.29, 1.82) is 0 Å². The number of nitrogens with one attached hydrogen (secondary N) is 1. The van der Waals surface area contributed by atoms with E-state index in [9.17, 15) is 0 Å². The van der Waals surface area contributed by atoms with E-state index < -0.39 is 0 Å². The van der Waals surface area contributed by atoms with Crippen LogP contribution < -0.4 is 15.0 Å². The van der Waals surface area contributed by atoms with Gasteiger partial charge in [-0.1, -0.05) is 0 Å². The van der Waals surface area contributed by atoms with Gasteiger partial charge in [0, 0.05) is 43.8 Å². The molecule has 0 saturated carbocycles. The van der Waals surface area contributed by atoms with Crippen LogP contribution in [-0.2, 0) is 0 Å². The second kappa shape index (κ2) is 6.98. The molecule has 1 N–H and O–H groups in total. The molecule has 0 amide bonds. The fraction of sp³-hybridized carbons (Fsp3) is 0.429. The number of nitrogens with zero attached hydrogens (tertiary/aromatic N) is 5. The summed E-state index contributed by atoms with van der Waals surface area (Å²) in [5.41, 5.74) is 2.16. The van der Waals surface area contributed by atoms with Crippen molar-refractivity contribution in [1.82, 2.24) is 25.3 Å². The van der Waals surface area contributed by atoms with Gasteiger partial charge in [0.2, 0.25) is 5.88 Å². The third-order valence-electron chi connectivity index (χ3n) is 6.15. The summed E-state index contributed by atoms with van der Waals surface area (Å²) in [6, 6.07) is 5.86. The summed E-state index contributed by atoms with van der Waals surface area (Å²) in [5, 5.41) is 4.53. The zero-order valence-electron chi connectivity index (χ0n) is 16.1. The smallest absolute Gasteiger partial charge is 0.240 e. The topological polar surface area (TPSA) is 76.1 Å². The van der Waals surface area contributed by atoms with Crippen molar-refractivity contribution < 1.29 is 4.74 Å². The van der Waals surface area contributed by atoms with Crippen molar-refractivity contribution in [3.05, 3.63) is 36.8 Å². The first-order valence-electron chi connectivity index (χ1n) is 9.85. The average Bonchev–Trinajstić information content (AvgIpc) is 3.21. The van der Waals surface area contributed by atoms with Crippen LogP contribution in [0, 0.1) is 5.41 Å². The third kappa shape index (κ3) is 2.96. The van der Waals surface area contributed by atoms with Crippen LogP contribution in [0.15, 0.2) is 36.8 Å². The van der Waals surface area contributed by atoms with Gasteiger partial charge in [0.25, 0.3) is 0 Å². The number of methoxy groups -OCH3 is 1. The fourth-order valence-electron chi connectivity index (χ4n) is 4.45. The Morgan fingerprint density at radius 2 is 1.86 bits per heavy atom. The van der Waals surface area contributed by atoms with Crippen LogP contribution in [0.3, 0.4) is 0 Å². The standard InChI is InChI=1S/C21H24N6O/c1-28-20-17-16(4-10-24-20)19(26-18(25-17)15-2-8-22-9-3-15)27-12-6-21(7-13-27)5-11-23-14-21/h2-4,8-10,23H,5-7,11-14H2,1H3. The minimum atomic E-state index is 0.465. The van der Waals surface area contributed by atoms with E-state index in [-0.39, 0.29) is 0 Å². The maximum absolute atomic E-state index is 5.50. The molecule has 0 bridgehead atoms. The first kappa shape index (κ1) is 17.3. The monoisotopic (exact) mass is 376 g/mol. The lowest BCUT2D eigenvalue weighted by Gasteiger charge is -2.39. The predicted octanol–water partition coefficient (Wildman–Crippen LogP) is 2.68. The van der Waals surface area contributed by atoms with E-state index in [0.29, 0.717) is 17.1 Å². The Hall–Kier alpha value is -2.80. The molecule has 0 atom stereocenters. The number of fused-ring (bicyclic) bond motifs is 1. The van der Waals surface area contributed by atoms with Gasteiger partial charge >= 0.3 is 0 Å². The molecule has 0 radical (unpaired) electrons. The van der Waals surface area contributed by atoms with E-state index in [1.54, 1.807) is 25.7 Å². The van der Waals surface area contributed by atoms with Gasteiger partial charge in [-0.2, -0.15) is 0 Å². The zero-order chi connectivity index (χ0) is 19.0. The second-order valence-corrected chi connectivity index (χ2v) is 7.74. The van der Waals surface area contributed by atoms with Crippen LogP contribution in [0.2, 0.25) is 0 Å². The molecule has 2 fully saturated rings.